The number of anilines is 1. The monoisotopic (exact) mass is 479 g/mol. The minimum Gasteiger partial charge on any atom is -0.369 e. The summed E-state index contributed by atoms with van der Waals surface area (Å²) in [6, 6.07) is 6.73. The lowest BCUT2D eigenvalue weighted by atomic mass is 9.47. The van der Waals surface area contributed by atoms with Gasteiger partial charge in [0.2, 0.25) is 22.7 Å². The van der Waals surface area contributed by atoms with Crippen molar-refractivity contribution >= 4 is 40.0 Å². The molecular weight excluding hydrogens is 450 g/mol. The molecule has 4 bridgehead atoms. The molecule has 5 fully saturated rings. The number of nitrogens with one attached hydrogen (secondary N) is 1. The maximum atomic E-state index is 13.8. The van der Waals surface area contributed by atoms with Crippen LogP contribution in [-0.4, -0.2) is 31.8 Å². The molecule has 9 heteroatoms. The Labute approximate surface area is 195 Å². The van der Waals surface area contributed by atoms with Crippen molar-refractivity contribution in [1.29, 1.82) is 0 Å². The number of carbonyl (C=O) groups is 2. The summed E-state index contributed by atoms with van der Waals surface area (Å²) >= 11 is 6.36. The summed E-state index contributed by atoms with van der Waals surface area (Å²) in [5.74, 6) is 0.475. The third-order valence-corrected chi connectivity index (χ3v) is 9.84. The highest BCUT2D eigenvalue weighted by Gasteiger charge is 2.59. The van der Waals surface area contributed by atoms with Gasteiger partial charge in [0, 0.05) is 11.5 Å². The molecule has 5 aliphatic rings. The Hall–Kier alpha value is -1.80. The Balaban J connectivity index is 1.45. The number of para-hydroxylation sites is 1. The van der Waals surface area contributed by atoms with Crippen LogP contribution in [0.1, 0.15) is 57.8 Å². The first-order valence-corrected chi connectivity index (χ1v) is 13.1. The smallest absolute Gasteiger partial charge is 0.247 e. The highest BCUT2D eigenvalue weighted by Crippen LogP contribution is 2.60. The average Bonchev–Trinajstić information content (AvgIpc) is 3.22. The minimum absolute atomic E-state index is 0.0402. The van der Waals surface area contributed by atoms with Gasteiger partial charge in [-0.1, -0.05) is 36.6 Å². The van der Waals surface area contributed by atoms with Gasteiger partial charge in [0.05, 0.1) is 10.7 Å². The van der Waals surface area contributed by atoms with E-state index in [-0.39, 0.29) is 29.7 Å². The maximum absolute atomic E-state index is 13.8. The minimum atomic E-state index is -3.07. The Morgan fingerprint density at radius 3 is 2.25 bits per heavy atom. The van der Waals surface area contributed by atoms with Crippen LogP contribution in [0.25, 0.3) is 0 Å². The van der Waals surface area contributed by atoms with Crippen LogP contribution < -0.4 is 15.4 Å². The molecule has 7 nitrogen and oxygen atoms in total. The molecule has 0 heterocycles. The lowest BCUT2D eigenvalue weighted by molar-refractivity contribution is -0.148. The predicted octanol–water partition coefficient (Wildman–Crippen LogP) is 2.78. The van der Waals surface area contributed by atoms with Crippen molar-refractivity contribution in [3.8, 4) is 0 Å². The molecule has 2 atom stereocenters. The largest absolute Gasteiger partial charge is 0.369 e. The summed E-state index contributed by atoms with van der Waals surface area (Å²) in [6.45, 7) is 0. The summed E-state index contributed by atoms with van der Waals surface area (Å²) in [6.07, 6.45) is 6.78. The number of rotatable bonds is 6. The van der Waals surface area contributed by atoms with Gasteiger partial charge in [-0.25, -0.2) is 8.42 Å². The van der Waals surface area contributed by atoms with E-state index in [9.17, 15) is 18.0 Å². The van der Waals surface area contributed by atoms with Crippen LogP contribution in [-0.2, 0) is 20.5 Å². The summed E-state index contributed by atoms with van der Waals surface area (Å²) in [5, 5.41) is 3.59. The molecule has 1 aromatic carbocycles. The molecule has 0 spiro atoms. The van der Waals surface area contributed by atoms with E-state index in [1.807, 2.05) is 0 Å². The summed E-state index contributed by atoms with van der Waals surface area (Å²) in [4.78, 5) is 26.1. The second-order valence-corrected chi connectivity index (χ2v) is 11.6. The molecular formula is C23H30ClN3O4S. The van der Waals surface area contributed by atoms with Crippen LogP contribution in [0.2, 0.25) is 5.02 Å². The van der Waals surface area contributed by atoms with E-state index in [4.69, 9.17) is 17.3 Å². The van der Waals surface area contributed by atoms with Crippen molar-refractivity contribution in [3.05, 3.63) is 29.3 Å². The number of hydrogen-bond acceptors (Lipinski definition) is 4. The Bertz CT molecular complexity index is 998. The van der Waals surface area contributed by atoms with Gasteiger partial charge in [-0.2, -0.15) is 0 Å². The zero-order valence-corrected chi connectivity index (χ0v) is 19.6. The van der Waals surface area contributed by atoms with Crippen LogP contribution in [0.15, 0.2) is 24.3 Å². The van der Waals surface area contributed by atoms with Crippen LogP contribution >= 0.6 is 11.6 Å². The summed E-state index contributed by atoms with van der Waals surface area (Å²) < 4.78 is 26.2. The molecule has 5 aliphatic carbocycles. The normalized spacial score (nSPS) is 34.6. The van der Waals surface area contributed by atoms with E-state index >= 15 is 0 Å². The number of amides is 2. The van der Waals surface area contributed by atoms with Crippen molar-refractivity contribution in [2.75, 3.05) is 4.31 Å². The number of thiol groups is 1. The van der Waals surface area contributed by atoms with Crippen molar-refractivity contribution in [2.45, 2.75) is 69.4 Å². The molecule has 0 aliphatic heterocycles. The molecule has 2 amide bonds. The van der Waals surface area contributed by atoms with Gasteiger partial charge in [-0.3, -0.25) is 13.9 Å². The van der Waals surface area contributed by atoms with Gasteiger partial charge < -0.3 is 11.1 Å². The number of halogens is 1. The number of nitrogens with two attached hydrogens (primary N) is 1. The Morgan fingerprint density at radius 1 is 1.06 bits per heavy atom. The van der Waals surface area contributed by atoms with Gasteiger partial charge in [-0.15, -0.1) is 0 Å². The molecule has 1 aromatic rings. The van der Waals surface area contributed by atoms with Crippen LogP contribution in [0, 0.1) is 23.2 Å². The molecule has 174 valence electrons. The Morgan fingerprint density at radius 2 is 1.69 bits per heavy atom. The summed E-state index contributed by atoms with van der Waals surface area (Å²) in [5.41, 5.74) is 4.55. The molecule has 5 saturated carbocycles. The van der Waals surface area contributed by atoms with E-state index in [1.165, 1.54) is 4.31 Å². The molecule has 0 radical (unpaired) electrons. The van der Waals surface area contributed by atoms with Crippen LogP contribution in [0.4, 0.5) is 5.69 Å². The first-order valence-electron chi connectivity index (χ1n) is 11.6. The van der Waals surface area contributed by atoms with E-state index in [0.29, 0.717) is 29.5 Å². The van der Waals surface area contributed by atoms with E-state index in [2.05, 4.69) is 5.32 Å². The second-order valence-electron chi connectivity index (χ2n) is 10.4. The fourth-order valence-electron chi connectivity index (χ4n) is 7.44. The Kier molecular flexibility index (Phi) is 5.44. The van der Waals surface area contributed by atoms with E-state index in [1.54, 1.807) is 24.3 Å². The highest BCUT2D eigenvalue weighted by molar-refractivity contribution is 7.74. The van der Waals surface area contributed by atoms with Gasteiger partial charge >= 0.3 is 0 Å². The third kappa shape index (κ3) is 3.33. The van der Waals surface area contributed by atoms with Crippen LogP contribution in [0.5, 0.6) is 0 Å². The predicted molar refractivity (Wildman–Crippen MR) is 123 cm³/mol. The van der Waals surface area contributed by atoms with Gasteiger partial charge in [0.15, 0.2) is 0 Å². The molecule has 0 aromatic heterocycles. The molecule has 32 heavy (non-hydrogen) atoms. The van der Waals surface area contributed by atoms with Gasteiger partial charge in [0.1, 0.15) is 5.54 Å². The zero-order chi connectivity index (χ0) is 22.7. The van der Waals surface area contributed by atoms with Crippen molar-refractivity contribution in [1.82, 2.24) is 5.32 Å². The molecule has 6 rings (SSSR count). The SMILES string of the molecule is NC(=O)C12CC3CC(C1)C(NC(=O)C1(N(c4ccccc4Cl)[SH](=O)=O)CCCC1)C(C3)C2. The van der Waals surface area contributed by atoms with Crippen molar-refractivity contribution in [2.24, 2.45) is 28.9 Å². The molecule has 2 unspecified atom stereocenters. The number of primary amides is 1. The number of carbonyl (C=O) groups excluding carboxylic acids is 2. The lowest BCUT2D eigenvalue weighted by Crippen LogP contribution is -2.65. The zero-order valence-electron chi connectivity index (χ0n) is 18.0. The molecule has 0 saturated heterocycles. The van der Waals surface area contributed by atoms with Gasteiger partial charge in [0.25, 0.3) is 0 Å². The lowest BCUT2D eigenvalue weighted by Gasteiger charge is -2.59. The first-order chi connectivity index (χ1) is 15.3. The topological polar surface area (TPSA) is 110 Å². The number of benzene rings is 1. The third-order valence-electron chi connectivity index (χ3n) is 8.60. The average molecular weight is 480 g/mol. The number of hydrogen-bond donors (Lipinski definition) is 3. The van der Waals surface area contributed by atoms with E-state index < -0.39 is 21.8 Å². The van der Waals surface area contributed by atoms with Crippen LogP contribution in [0.3, 0.4) is 0 Å². The molecule has 3 N–H and O–H groups in total. The first kappa shape index (κ1) is 22.0. The van der Waals surface area contributed by atoms with Crippen molar-refractivity contribution < 1.29 is 18.0 Å². The van der Waals surface area contributed by atoms with Gasteiger partial charge in [-0.05, 0) is 74.8 Å². The van der Waals surface area contributed by atoms with Crippen molar-refractivity contribution in [3.63, 3.8) is 0 Å². The fraction of sp³-hybridized carbons (Fsp3) is 0.652. The summed E-state index contributed by atoms with van der Waals surface area (Å²) in [7, 11) is -3.07. The fourth-order valence-corrected chi connectivity index (χ4v) is 8.67. The quantitative estimate of drug-likeness (QED) is 0.545. The standard InChI is InChI=1S/C23H30ClN3O4S/c24-17-5-1-2-6-18(17)27(32(30)31)23(7-3-4-8-23)21(29)26-19-15-9-14-10-16(19)13-22(11-14,12-15)20(25)28/h1-2,5-6,14-16,19,32H,3-4,7-13H2,(H2,25,28)(H,26,29). The number of nitrogens with zero attached hydrogens (tertiary/aromatic N) is 1. The highest BCUT2D eigenvalue weighted by atomic mass is 35.5. The maximum Gasteiger partial charge on any atom is 0.247 e. The second kappa shape index (κ2) is 7.90. The van der Waals surface area contributed by atoms with E-state index in [0.717, 1.165) is 44.9 Å².